The second-order valence-electron chi connectivity index (χ2n) is 5.65. The lowest BCUT2D eigenvalue weighted by Crippen LogP contribution is -2.24. The molecule has 2 aromatic rings. The molecule has 1 aliphatic heterocycles. The molecule has 0 aromatic heterocycles. The minimum atomic E-state index is 1.02. The maximum atomic E-state index is 3.49. The predicted molar refractivity (Wildman–Crippen MR) is 80.6 cm³/mol. The van der Waals surface area contributed by atoms with Crippen LogP contribution in [0.5, 0.6) is 0 Å². The van der Waals surface area contributed by atoms with Crippen molar-refractivity contribution in [3.8, 4) is 0 Å². The molecule has 1 heteroatoms. The lowest BCUT2D eigenvalue weighted by Gasteiger charge is -2.20. The summed E-state index contributed by atoms with van der Waals surface area (Å²) in [6.07, 6.45) is 2.21. The van der Waals surface area contributed by atoms with Crippen molar-refractivity contribution in [1.82, 2.24) is 5.32 Å². The molecule has 1 heterocycles. The number of rotatable bonds is 2. The van der Waals surface area contributed by atoms with E-state index in [0.717, 1.165) is 25.9 Å². The van der Waals surface area contributed by atoms with E-state index in [2.05, 4.69) is 55.6 Å². The normalized spacial score (nSPS) is 14.2. The van der Waals surface area contributed by atoms with Crippen LogP contribution in [-0.2, 0) is 19.4 Å². The Labute approximate surface area is 115 Å². The van der Waals surface area contributed by atoms with Crippen molar-refractivity contribution in [2.75, 3.05) is 6.54 Å². The highest BCUT2D eigenvalue weighted by molar-refractivity contribution is 5.41. The van der Waals surface area contributed by atoms with E-state index in [-0.39, 0.29) is 0 Å². The van der Waals surface area contributed by atoms with Crippen molar-refractivity contribution in [3.63, 3.8) is 0 Å². The van der Waals surface area contributed by atoms with Gasteiger partial charge < -0.3 is 5.32 Å². The van der Waals surface area contributed by atoms with Crippen molar-refractivity contribution in [2.45, 2.75) is 33.2 Å². The van der Waals surface area contributed by atoms with Crippen LogP contribution in [0.4, 0.5) is 0 Å². The second-order valence-corrected chi connectivity index (χ2v) is 5.65. The molecule has 98 valence electrons. The minimum Gasteiger partial charge on any atom is -0.312 e. The zero-order chi connectivity index (χ0) is 13.2. The summed E-state index contributed by atoms with van der Waals surface area (Å²) in [5.74, 6) is 0. The molecule has 0 unspecified atom stereocenters. The molecule has 19 heavy (non-hydrogen) atoms. The average Bonchev–Trinajstić information content (AvgIpc) is 2.38. The lowest BCUT2D eigenvalue weighted by molar-refractivity contribution is 0.639. The smallest absolute Gasteiger partial charge is 0.0211 e. The van der Waals surface area contributed by atoms with Gasteiger partial charge in [-0.05, 0) is 55.5 Å². The van der Waals surface area contributed by atoms with E-state index >= 15 is 0 Å². The molecule has 0 spiro atoms. The predicted octanol–water partition coefficient (Wildman–Crippen LogP) is 3.54. The Kier molecular flexibility index (Phi) is 3.39. The first kappa shape index (κ1) is 12.4. The van der Waals surface area contributed by atoms with Crippen molar-refractivity contribution in [3.05, 3.63) is 69.8 Å². The van der Waals surface area contributed by atoms with E-state index in [9.17, 15) is 0 Å². The van der Waals surface area contributed by atoms with Crippen LogP contribution in [0.2, 0.25) is 0 Å². The Hall–Kier alpha value is -1.60. The topological polar surface area (TPSA) is 12.0 Å². The van der Waals surface area contributed by atoms with E-state index < -0.39 is 0 Å². The van der Waals surface area contributed by atoms with Gasteiger partial charge in [0.25, 0.3) is 0 Å². The molecule has 0 saturated carbocycles. The summed E-state index contributed by atoms with van der Waals surface area (Å²) in [4.78, 5) is 0. The number of hydrogen-bond donors (Lipinski definition) is 1. The molecule has 2 aromatic carbocycles. The maximum Gasteiger partial charge on any atom is 0.0211 e. The van der Waals surface area contributed by atoms with Gasteiger partial charge in [0.1, 0.15) is 0 Å². The summed E-state index contributed by atoms with van der Waals surface area (Å²) in [6.45, 7) is 6.49. The lowest BCUT2D eigenvalue weighted by atomic mass is 9.91. The fourth-order valence-electron chi connectivity index (χ4n) is 3.14. The SMILES string of the molecule is Cc1cc(C)cc(Cc2cccc3c2CNCC3)c1. The molecule has 0 radical (unpaired) electrons. The Morgan fingerprint density at radius 2 is 1.84 bits per heavy atom. The third kappa shape index (κ3) is 2.71. The van der Waals surface area contributed by atoms with Crippen molar-refractivity contribution in [2.24, 2.45) is 0 Å². The van der Waals surface area contributed by atoms with Crippen LogP contribution in [0.25, 0.3) is 0 Å². The standard InChI is InChI=1S/C18H21N/c1-13-8-14(2)10-15(9-13)11-17-5-3-4-16-6-7-19-12-18(16)17/h3-5,8-10,19H,6-7,11-12H2,1-2H3. The van der Waals surface area contributed by atoms with Crippen LogP contribution in [0, 0.1) is 13.8 Å². The van der Waals surface area contributed by atoms with Crippen LogP contribution in [0.15, 0.2) is 36.4 Å². The molecular formula is C18H21N. The van der Waals surface area contributed by atoms with Gasteiger partial charge in [0, 0.05) is 6.54 Å². The first-order valence-electron chi connectivity index (χ1n) is 7.10. The van der Waals surface area contributed by atoms with E-state index in [1.807, 2.05) is 0 Å². The zero-order valence-corrected chi connectivity index (χ0v) is 11.8. The molecule has 1 aliphatic rings. The first-order valence-corrected chi connectivity index (χ1v) is 7.10. The third-order valence-corrected chi connectivity index (χ3v) is 3.92. The highest BCUT2D eigenvalue weighted by Gasteiger charge is 2.12. The summed E-state index contributed by atoms with van der Waals surface area (Å²) < 4.78 is 0. The zero-order valence-electron chi connectivity index (χ0n) is 11.8. The molecule has 0 bridgehead atoms. The Morgan fingerprint density at radius 3 is 2.63 bits per heavy atom. The number of nitrogens with one attached hydrogen (secondary N) is 1. The maximum absolute atomic E-state index is 3.49. The molecule has 0 amide bonds. The fourth-order valence-corrected chi connectivity index (χ4v) is 3.14. The van der Waals surface area contributed by atoms with Gasteiger partial charge in [0.05, 0.1) is 0 Å². The quantitative estimate of drug-likeness (QED) is 0.861. The van der Waals surface area contributed by atoms with Crippen molar-refractivity contribution in [1.29, 1.82) is 0 Å². The van der Waals surface area contributed by atoms with Crippen molar-refractivity contribution >= 4 is 0 Å². The summed E-state index contributed by atoms with van der Waals surface area (Å²) in [7, 11) is 0. The summed E-state index contributed by atoms with van der Waals surface area (Å²) in [5.41, 5.74) is 8.68. The van der Waals surface area contributed by atoms with Gasteiger partial charge in [-0.25, -0.2) is 0 Å². The van der Waals surface area contributed by atoms with Crippen LogP contribution < -0.4 is 5.32 Å². The van der Waals surface area contributed by atoms with Gasteiger partial charge in [-0.3, -0.25) is 0 Å². The largest absolute Gasteiger partial charge is 0.312 e. The molecule has 1 nitrogen and oxygen atoms in total. The van der Waals surface area contributed by atoms with Gasteiger partial charge in [0.2, 0.25) is 0 Å². The molecule has 0 saturated heterocycles. The number of aryl methyl sites for hydroxylation is 2. The summed E-state index contributed by atoms with van der Waals surface area (Å²) >= 11 is 0. The van der Waals surface area contributed by atoms with Crippen molar-refractivity contribution < 1.29 is 0 Å². The fraction of sp³-hybridized carbons (Fsp3) is 0.333. The van der Waals surface area contributed by atoms with Crippen LogP contribution >= 0.6 is 0 Å². The van der Waals surface area contributed by atoms with Gasteiger partial charge in [-0.2, -0.15) is 0 Å². The van der Waals surface area contributed by atoms with E-state index in [4.69, 9.17) is 0 Å². The van der Waals surface area contributed by atoms with Crippen LogP contribution in [-0.4, -0.2) is 6.54 Å². The Balaban J connectivity index is 1.95. The molecule has 0 atom stereocenters. The van der Waals surface area contributed by atoms with Gasteiger partial charge in [-0.15, -0.1) is 0 Å². The molecule has 1 N–H and O–H groups in total. The molecular weight excluding hydrogens is 230 g/mol. The summed E-state index contributed by atoms with van der Waals surface area (Å²) in [5, 5.41) is 3.49. The number of fused-ring (bicyclic) bond motifs is 1. The highest BCUT2D eigenvalue weighted by Crippen LogP contribution is 2.22. The molecule has 3 rings (SSSR count). The summed E-state index contributed by atoms with van der Waals surface area (Å²) in [6, 6.07) is 13.6. The van der Waals surface area contributed by atoms with Gasteiger partial charge in [0.15, 0.2) is 0 Å². The second kappa shape index (κ2) is 5.18. The number of hydrogen-bond acceptors (Lipinski definition) is 1. The minimum absolute atomic E-state index is 1.02. The monoisotopic (exact) mass is 251 g/mol. The van der Waals surface area contributed by atoms with E-state index in [1.165, 1.54) is 33.4 Å². The third-order valence-electron chi connectivity index (χ3n) is 3.92. The molecule has 0 aliphatic carbocycles. The van der Waals surface area contributed by atoms with Gasteiger partial charge >= 0.3 is 0 Å². The number of benzene rings is 2. The van der Waals surface area contributed by atoms with E-state index in [0.29, 0.717) is 0 Å². The highest BCUT2D eigenvalue weighted by atomic mass is 14.9. The first-order chi connectivity index (χ1) is 9.22. The Bertz CT molecular complexity index is 578. The van der Waals surface area contributed by atoms with Gasteiger partial charge in [-0.1, -0.05) is 47.5 Å². The van der Waals surface area contributed by atoms with E-state index in [1.54, 1.807) is 0 Å². The average molecular weight is 251 g/mol. The van der Waals surface area contributed by atoms with Crippen LogP contribution in [0.3, 0.4) is 0 Å². The molecule has 0 fully saturated rings. The van der Waals surface area contributed by atoms with Crippen LogP contribution in [0.1, 0.15) is 33.4 Å². The Morgan fingerprint density at radius 1 is 1.05 bits per heavy atom.